The highest BCUT2D eigenvalue weighted by atomic mass is 79.9. The smallest absolute Gasteiger partial charge is 0.146 e. The summed E-state index contributed by atoms with van der Waals surface area (Å²) in [4.78, 5) is 4.57. The van der Waals surface area contributed by atoms with Gasteiger partial charge in [0.25, 0.3) is 0 Å². The maximum Gasteiger partial charge on any atom is 0.146 e. The highest BCUT2D eigenvalue weighted by Gasteiger charge is 2.06. The first-order valence-electron chi connectivity index (χ1n) is 6.41. The quantitative estimate of drug-likeness (QED) is 0.678. The van der Waals surface area contributed by atoms with Crippen LogP contribution in [0.5, 0.6) is 0 Å². The monoisotopic (exact) mass is 362 g/mol. The van der Waals surface area contributed by atoms with Crippen LogP contribution in [0.1, 0.15) is 5.01 Å². The summed E-state index contributed by atoms with van der Waals surface area (Å²) in [6.07, 6.45) is 0. The molecule has 3 aromatic rings. The number of aromatic nitrogens is 1. The average Bonchev–Trinajstić information content (AvgIpc) is 2.98. The van der Waals surface area contributed by atoms with Crippen molar-refractivity contribution in [2.75, 3.05) is 5.32 Å². The van der Waals surface area contributed by atoms with E-state index in [0.717, 1.165) is 20.7 Å². The van der Waals surface area contributed by atoms with Crippen molar-refractivity contribution in [3.8, 4) is 11.3 Å². The third-order valence-corrected chi connectivity index (χ3v) is 4.32. The van der Waals surface area contributed by atoms with Crippen LogP contribution in [0.2, 0.25) is 0 Å². The maximum absolute atomic E-state index is 13.6. The maximum atomic E-state index is 13.6. The molecule has 1 N–H and O–H groups in total. The summed E-state index contributed by atoms with van der Waals surface area (Å²) in [6.45, 7) is 0.505. The Kier molecular flexibility index (Phi) is 4.31. The molecule has 0 amide bonds. The number of nitrogens with zero attached hydrogens (tertiary/aromatic N) is 1. The van der Waals surface area contributed by atoms with E-state index in [1.165, 1.54) is 6.07 Å². The van der Waals surface area contributed by atoms with Gasteiger partial charge in [-0.3, -0.25) is 0 Å². The van der Waals surface area contributed by atoms with E-state index in [-0.39, 0.29) is 5.82 Å². The lowest BCUT2D eigenvalue weighted by Gasteiger charge is -2.06. The number of halogens is 2. The minimum Gasteiger partial charge on any atom is -0.376 e. The molecule has 21 heavy (non-hydrogen) atoms. The van der Waals surface area contributed by atoms with Gasteiger partial charge in [0, 0.05) is 15.4 Å². The van der Waals surface area contributed by atoms with E-state index < -0.39 is 0 Å². The fraction of sp³-hybridized carbons (Fsp3) is 0.0625. The van der Waals surface area contributed by atoms with Crippen LogP contribution in [-0.4, -0.2) is 4.98 Å². The van der Waals surface area contributed by atoms with E-state index >= 15 is 0 Å². The average molecular weight is 363 g/mol. The van der Waals surface area contributed by atoms with Gasteiger partial charge >= 0.3 is 0 Å². The molecule has 0 aliphatic rings. The van der Waals surface area contributed by atoms with E-state index in [4.69, 9.17) is 0 Å². The van der Waals surface area contributed by atoms with Crippen molar-refractivity contribution in [2.45, 2.75) is 6.54 Å². The lowest BCUT2D eigenvalue weighted by molar-refractivity contribution is 0.630. The highest BCUT2D eigenvalue weighted by Crippen LogP contribution is 2.24. The number of benzene rings is 2. The molecule has 0 bridgehead atoms. The number of thiazole rings is 1. The largest absolute Gasteiger partial charge is 0.376 e. The van der Waals surface area contributed by atoms with Crippen molar-refractivity contribution in [3.63, 3.8) is 0 Å². The van der Waals surface area contributed by atoms with Crippen LogP contribution in [0.25, 0.3) is 11.3 Å². The second kappa shape index (κ2) is 6.37. The molecular weight excluding hydrogens is 351 g/mol. The number of hydrogen-bond donors (Lipinski definition) is 1. The molecule has 1 heterocycles. The Morgan fingerprint density at radius 1 is 1.14 bits per heavy atom. The Labute approximate surface area is 134 Å². The Bertz CT molecular complexity index is 743. The lowest BCUT2D eigenvalue weighted by Crippen LogP contribution is -2.01. The first-order valence-corrected chi connectivity index (χ1v) is 8.08. The molecule has 3 rings (SSSR count). The third-order valence-electron chi connectivity index (χ3n) is 2.98. The molecule has 106 valence electrons. The summed E-state index contributed by atoms with van der Waals surface area (Å²) in [5, 5.41) is 6.02. The summed E-state index contributed by atoms with van der Waals surface area (Å²) < 4.78 is 14.5. The van der Waals surface area contributed by atoms with Crippen LogP contribution in [0.3, 0.4) is 0 Å². The van der Waals surface area contributed by atoms with Crippen LogP contribution in [-0.2, 0) is 6.54 Å². The van der Waals surface area contributed by atoms with Gasteiger partial charge in [0.15, 0.2) is 0 Å². The summed E-state index contributed by atoms with van der Waals surface area (Å²) in [5.41, 5.74) is 2.52. The zero-order valence-electron chi connectivity index (χ0n) is 11.0. The molecule has 0 saturated heterocycles. The van der Waals surface area contributed by atoms with Crippen molar-refractivity contribution in [1.29, 1.82) is 0 Å². The molecule has 2 nitrogen and oxygen atoms in total. The highest BCUT2D eigenvalue weighted by molar-refractivity contribution is 9.10. The van der Waals surface area contributed by atoms with Crippen LogP contribution in [0.15, 0.2) is 58.4 Å². The summed E-state index contributed by atoms with van der Waals surface area (Å²) in [6, 6.07) is 14.9. The number of anilines is 1. The first-order chi connectivity index (χ1) is 10.2. The lowest BCUT2D eigenvalue weighted by atomic mass is 10.2. The van der Waals surface area contributed by atoms with Crippen LogP contribution < -0.4 is 5.32 Å². The normalized spacial score (nSPS) is 10.6. The van der Waals surface area contributed by atoms with Gasteiger partial charge in [-0.2, -0.15) is 0 Å². The molecule has 0 aliphatic heterocycles. The molecule has 0 radical (unpaired) electrons. The zero-order chi connectivity index (χ0) is 14.7. The second-order valence-electron chi connectivity index (χ2n) is 4.47. The van der Waals surface area contributed by atoms with Crippen molar-refractivity contribution >= 4 is 33.0 Å². The molecule has 1 aromatic heterocycles. The van der Waals surface area contributed by atoms with Crippen molar-refractivity contribution in [2.24, 2.45) is 0 Å². The Morgan fingerprint density at radius 3 is 2.76 bits per heavy atom. The number of nitrogens with one attached hydrogen (secondary N) is 1. The fourth-order valence-electron chi connectivity index (χ4n) is 1.94. The van der Waals surface area contributed by atoms with E-state index in [1.54, 1.807) is 23.5 Å². The van der Waals surface area contributed by atoms with Gasteiger partial charge in [0.05, 0.1) is 17.9 Å². The Hall–Kier alpha value is -1.72. The number of rotatable bonds is 4. The zero-order valence-corrected chi connectivity index (χ0v) is 13.4. The molecule has 2 aromatic carbocycles. The third kappa shape index (κ3) is 3.49. The van der Waals surface area contributed by atoms with Crippen molar-refractivity contribution < 1.29 is 4.39 Å². The molecule has 0 fully saturated rings. The van der Waals surface area contributed by atoms with Gasteiger partial charge in [-0.05, 0) is 18.2 Å². The molecule has 0 spiro atoms. The van der Waals surface area contributed by atoms with E-state index in [9.17, 15) is 4.39 Å². The Balaban J connectivity index is 1.72. The van der Waals surface area contributed by atoms with Gasteiger partial charge in [-0.25, -0.2) is 9.37 Å². The summed E-state index contributed by atoms with van der Waals surface area (Å²) >= 11 is 4.90. The summed E-state index contributed by atoms with van der Waals surface area (Å²) in [7, 11) is 0. The molecule has 0 aliphatic carbocycles. The molecule has 0 unspecified atom stereocenters. The predicted octanol–water partition coefficient (Wildman–Crippen LogP) is 5.32. The second-order valence-corrected chi connectivity index (χ2v) is 6.33. The standard InChI is InChI=1S/C16H12BrFN2S/c17-12-6-7-13(18)14(8-12)19-9-16-20-15(10-21-16)11-4-2-1-3-5-11/h1-8,10,19H,9H2. The molecule has 0 saturated carbocycles. The molecular formula is C16H12BrFN2S. The van der Waals surface area contributed by atoms with Crippen molar-refractivity contribution in [1.82, 2.24) is 4.98 Å². The predicted molar refractivity (Wildman–Crippen MR) is 89.0 cm³/mol. The van der Waals surface area contributed by atoms with Gasteiger partial charge < -0.3 is 5.32 Å². The molecule has 0 atom stereocenters. The number of hydrogen-bond acceptors (Lipinski definition) is 3. The molecule has 5 heteroatoms. The fourth-order valence-corrected chi connectivity index (χ4v) is 3.04. The SMILES string of the molecule is Fc1ccc(Br)cc1NCc1nc(-c2ccccc2)cs1. The van der Waals surface area contributed by atoms with E-state index in [2.05, 4.69) is 26.2 Å². The van der Waals surface area contributed by atoms with E-state index in [1.807, 2.05) is 35.7 Å². The van der Waals surface area contributed by atoms with Crippen LogP contribution >= 0.6 is 27.3 Å². The first kappa shape index (κ1) is 14.2. The van der Waals surface area contributed by atoms with Gasteiger partial charge in [-0.1, -0.05) is 46.3 Å². The van der Waals surface area contributed by atoms with E-state index in [0.29, 0.717) is 12.2 Å². The van der Waals surface area contributed by atoms with Gasteiger partial charge in [0.1, 0.15) is 10.8 Å². The van der Waals surface area contributed by atoms with Crippen molar-refractivity contribution in [3.05, 3.63) is 69.2 Å². The van der Waals surface area contributed by atoms with Gasteiger partial charge in [-0.15, -0.1) is 11.3 Å². The van der Waals surface area contributed by atoms with Crippen LogP contribution in [0, 0.1) is 5.82 Å². The van der Waals surface area contributed by atoms with Crippen LogP contribution in [0.4, 0.5) is 10.1 Å². The van der Waals surface area contributed by atoms with Gasteiger partial charge in [0.2, 0.25) is 0 Å². The topological polar surface area (TPSA) is 24.9 Å². The summed E-state index contributed by atoms with van der Waals surface area (Å²) in [5.74, 6) is -0.266. The minimum absolute atomic E-state index is 0.266. The minimum atomic E-state index is -0.266. The Morgan fingerprint density at radius 2 is 1.95 bits per heavy atom.